The molecule has 0 heterocycles. The molecule has 5 nitrogen and oxygen atoms in total. The van der Waals surface area contributed by atoms with Crippen molar-refractivity contribution in [2.75, 3.05) is 23.4 Å². The Bertz CT molecular complexity index is 714. The number of benzene rings is 2. The summed E-state index contributed by atoms with van der Waals surface area (Å²) in [6.07, 6.45) is 0.129. The fourth-order valence-electron chi connectivity index (χ4n) is 2.33. The molecule has 0 atom stereocenters. The zero-order chi connectivity index (χ0) is 18.2. The van der Waals surface area contributed by atoms with Gasteiger partial charge in [0.05, 0.1) is 6.61 Å². The summed E-state index contributed by atoms with van der Waals surface area (Å²) in [5.41, 5.74) is 1.22. The van der Waals surface area contributed by atoms with Crippen molar-refractivity contribution in [2.24, 2.45) is 0 Å². The van der Waals surface area contributed by atoms with Crippen LogP contribution in [-0.2, 0) is 9.59 Å². The zero-order valence-corrected chi connectivity index (χ0v) is 14.3. The van der Waals surface area contributed by atoms with E-state index >= 15 is 0 Å². The second-order valence-corrected chi connectivity index (χ2v) is 5.40. The third-order valence-electron chi connectivity index (χ3n) is 3.53. The molecular formula is C19H21FN2O3. The highest BCUT2D eigenvalue weighted by atomic mass is 19.1. The Hall–Kier alpha value is -2.89. The van der Waals surface area contributed by atoms with Crippen molar-refractivity contribution in [3.8, 4) is 5.75 Å². The fourth-order valence-corrected chi connectivity index (χ4v) is 2.33. The third kappa shape index (κ3) is 5.60. The molecule has 2 rings (SSSR count). The van der Waals surface area contributed by atoms with Gasteiger partial charge < -0.3 is 15.0 Å². The minimum atomic E-state index is -0.375. The highest BCUT2D eigenvalue weighted by Gasteiger charge is 2.13. The van der Waals surface area contributed by atoms with E-state index in [0.717, 1.165) is 5.75 Å². The molecule has 6 heteroatoms. The minimum absolute atomic E-state index is 0.129. The van der Waals surface area contributed by atoms with Crippen LogP contribution in [0.3, 0.4) is 0 Å². The number of hydrogen-bond donors (Lipinski definition) is 1. The van der Waals surface area contributed by atoms with Crippen LogP contribution in [0.1, 0.15) is 20.3 Å². The number of nitrogens with one attached hydrogen (secondary N) is 1. The molecule has 132 valence electrons. The Balaban J connectivity index is 1.92. The first-order valence-electron chi connectivity index (χ1n) is 8.06. The summed E-state index contributed by atoms with van der Waals surface area (Å²) in [5.74, 6) is -0.0574. The van der Waals surface area contributed by atoms with E-state index < -0.39 is 0 Å². The molecule has 0 aliphatic carbocycles. The van der Waals surface area contributed by atoms with Crippen LogP contribution in [0.2, 0.25) is 0 Å². The summed E-state index contributed by atoms with van der Waals surface area (Å²) in [6, 6.07) is 12.7. The van der Waals surface area contributed by atoms with Crippen LogP contribution < -0.4 is 15.0 Å². The molecule has 1 N–H and O–H groups in total. The average Bonchev–Trinajstić information content (AvgIpc) is 2.58. The molecule has 0 saturated carbocycles. The summed E-state index contributed by atoms with van der Waals surface area (Å²) < 4.78 is 18.4. The topological polar surface area (TPSA) is 58.6 Å². The maximum Gasteiger partial charge on any atom is 0.226 e. The van der Waals surface area contributed by atoms with E-state index in [-0.39, 0.29) is 30.6 Å². The molecule has 2 aromatic rings. The van der Waals surface area contributed by atoms with Crippen molar-refractivity contribution in [1.82, 2.24) is 0 Å². The van der Waals surface area contributed by atoms with Crippen molar-refractivity contribution >= 4 is 23.2 Å². The lowest BCUT2D eigenvalue weighted by atomic mass is 10.2. The van der Waals surface area contributed by atoms with Gasteiger partial charge in [0.15, 0.2) is 0 Å². The minimum Gasteiger partial charge on any atom is -0.494 e. The number of halogens is 1. The number of rotatable bonds is 7. The van der Waals surface area contributed by atoms with Crippen molar-refractivity contribution in [1.29, 1.82) is 0 Å². The SMILES string of the molecule is CCOc1ccc(NC(=O)CCN(C(C)=O)c2ccc(F)cc2)cc1. The number of ether oxygens (including phenoxy) is 1. The van der Waals surface area contributed by atoms with Gasteiger partial charge in [0.25, 0.3) is 0 Å². The second kappa shape index (κ2) is 8.82. The van der Waals surface area contributed by atoms with Gasteiger partial charge in [-0.15, -0.1) is 0 Å². The zero-order valence-electron chi connectivity index (χ0n) is 14.3. The lowest BCUT2D eigenvalue weighted by Crippen LogP contribution is -2.31. The van der Waals surface area contributed by atoms with Crippen LogP contribution >= 0.6 is 0 Å². The number of carbonyl (C=O) groups is 2. The van der Waals surface area contributed by atoms with Gasteiger partial charge in [-0.3, -0.25) is 9.59 Å². The molecule has 0 bridgehead atoms. The number of anilines is 2. The predicted octanol–water partition coefficient (Wildman–Crippen LogP) is 3.61. The standard InChI is InChI=1S/C19H21FN2O3/c1-3-25-18-10-6-16(7-11-18)21-19(24)12-13-22(14(2)23)17-8-4-15(20)5-9-17/h4-11H,3,12-13H2,1-2H3,(H,21,24). The smallest absolute Gasteiger partial charge is 0.226 e. The van der Waals surface area contributed by atoms with Gasteiger partial charge in [-0.25, -0.2) is 4.39 Å². The van der Waals surface area contributed by atoms with Gasteiger partial charge in [0, 0.05) is 31.3 Å². The second-order valence-electron chi connectivity index (χ2n) is 5.40. The first-order valence-corrected chi connectivity index (χ1v) is 8.06. The summed E-state index contributed by atoms with van der Waals surface area (Å²) in [4.78, 5) is 25.3. The van der Waals surface area contributed by atoms with E-state index in [2.05, 4.69) is 5.32 Å². The quantitative estimate of drug-likeness (QED) is 0.835. The van der Waals surface area contributed by atoms with E-state index in [0.29, 0.717) is 18.0 Å². The fraction of sp³-hybridized carbons (Fsp3) is 0.263. The van der Waals surface area contributed by atoms with Gasteiger partial charge in [-0.2, -0.15) is 0 Å². The Morgan fingerprint density at radius 3 is 2.28 bits per heavy atom. The van der Waals surface area contributed by atoms with Gasteiger partial charge in [0.1, 0.15) is 11.6 Å². The Kier molecular flexibility index (Phi) is 6.51. The van der Waals surface area contributed by atoms with E-state index in [1.165, 1.54) is 36.1 Å². The molecule has 2 amide bonds. The molecule has 0 saturated heterocycles. The predicted molar refractivity (Wildman–Crippen MR) is 95.3 cm³/mol. The maximum atomic E-state index is 13.0. The summed E-state index contributed by atoms with van der Waals surface area (Å²) in [6.45, 7) is 4.10. The molecule has 25 heavy (non-hydrogen) atoms. The number of carbonyl (C=O) groups excluding carboxylic acids is 2. The lowest BCUT2D eigenvalue weighted by Gasteiger charge is -2.21. The summed E-state index contributed by atoms with van der Waals surface area (Å²) in [7, 11) is 0. The Morgan fingerprint density at radius 2 is 1.72 bits per heavy atom. The van der Waals surface area contributed by atoms with Gasteiger partial charge in [-0.1, -0.05) is 0 Å². The molecule has 0 fully saturated rings. The molecular weight excluding hydrogens is 323 g/mol. The van der Waals surface area contributed by atoms with Crippen molar-refractivity contribution in [3.63, 3.8) is 0 Å². The first-order chi connectivity index (χ1) is 12.0. The van der Waals surface area contributed by atoms with Crippen LogP contribution in [0.4, 0.5) is 15.8 Å². The maximum absolute atomic E-state index is 13.0. The Labute approximate surface area is 146 Å². The summed E-state index contributed by atoms with van der Waals surface area (Å²) >= 11 is 0. The van der Waals surface area contributed by atoms with E-state index in [4.69, 9.17) is 4.74 Å². The van der Waals surface area contributed by atoms with Crippen LogP contribution in [0.15, 0.2) is 48.5 Å². The highest BCUT2D eigenvalue weighted by Crippen LogP contribution is 2.17. The van der Waals surface area contributed by atoms with Crippen LogP contribution in [-0.4, -0.2) is 25.0 Å². The Morgan fingerprint density at radius 1 is 1.08 bits per heavy atom. The molecule has 0 aromatic heterocycles. The van der Waals surface area contributed by atoms with Crippen molar-refractivity contribution in [2.45, 2.75) is 20.3 Å². The highest BCUT2D eigenvalue weighted by molar-refractivity contribution is 5.94. The number of hydrogen-bond acceptors (Lipinski definition) is 3. The number of nitrogens with zero attached hydrogens (tertiary/aromatic N) is 1. The van der Waals surface area contributed by atoms with Crippen LogP contribution in [0, 0.1) is 5.82 Å². The van der Waals surface area contributed by atoms with Crippen molar-refractivity contribution < 1.29 is 18.7 Å². The van der Waals surface area contributed by atoms with E-state index in [9.17, 15) is 14.0 Å². The normalized spacial score (nSPS) is 10.2. The largest absolute Gasteiger partial charge is 0.494 e. The van der Waals surface area contributed by atoms with Gasteiger partial charge in [-0.05, 0) is 55.5 Å². The van der Waals surface area contributed by atoms with Crippen molar-refractivity contribution in [3.05, 3.63) is 54.3 Å². The lowest BCUT2D eigenvalue weighted by molar-refractivity contribution is -0.117. The van der Waals surface area contributed by atoms with Crippen LogP contribution in [0.5, 0.6) is 5.75 Å². The monoisotopic (exact) mass is 344 g/mol. The number of amides is 2. The van der Waals surface area contributed by atoms with Gasteiger partial charge in [0.2, 0.25) is 11.8 Å². The molecule has 0 spiro atoms. The van der Waals surface area contributed by atoms with Crippen LogP contribution in [0.25, 0.3) is 0 Å². The third-order valence-corrected chi connectivity index (χ3v) is 3.53. The first kappa shape index (κ1) is 18.4. The summed E-state index contributed by atoms with van der Waals surface area (Å²) in [5, 5.41) is 2.77. The molecule has 0 aliphatic rings. The van der Waals surface area contributed by atoms with E-state index in [1.807, 2.05) is 6.92 Å². The molecule has 2 aromatic carbocycles. The average molecular weight is 344 g/mol. The molecule has 0 radical (unpaired) electrons. The van der Waals surface area contributed by atoms with E-state index in [1.54, 1.807) is 24.3 Å². The molecule has 0 unspecified atom stereocenters. The molecule has 0 aliphatic heterocycles. The van der Waals surface area contributed by atoms with Gasteiger partial charge >= 0.3 is 0 Å².